The minimum absolute atomic E-state index is 0.0638. The van der Waals surface area contributed by atoms with Gasteiger partial charge in [-0.05, 0) is 23.6 Å². The van der Waals surface area contributed by atoms with Crippen molar-refractivity contribution < 1.29 is 13.9 Å². The summed E-state index contributed by atoms with van der Waals surface area (Å²) in [4.78, 5) is 20.7. The monoisotopic (exact) mass is 406 g/mol. The summed E-state index contributed by atoms with van der Waals surface area (Å²) < 4.78 is 11.2. The number of rotatable bonds is 5. The molecule has 30 heavy (non-hydrogen) atoms. The normalized spacial score (nSPS) is 14.8. The lowest BCUT2D eigenvalue weighted by Crippen LogP contribution is -2.54. The summed E-state index contributed by atoms with van der Waals surface area (Å²) in [5.41, 5.74) is 0. The minimum Gasteiger partial charge on any atom is -0.491 e. The Kier molecular flexibility index (Phi) is 6.17. The molecule has 1 aliphatic heterocycles. The fourth-order valence-electron chi connectivity index (χ4n) is 3.66. The van der Waals surface area contributed by atoms with Crippen LogP contribution in [-0.4, -0.2) is 68.0 Å². The van der Waals surface area contributed by atoms with Gasteiger partial charge in [-0.3, -0.25) is 9.79 Å². The first kappa shape index (κ1) is 19.8. The molecule has 3 aromatic rings. The van der Waals surface area contributed by atoms with E-state index in [9.17, 15) is 4.79 Å². The van der Waals surface area contributed by atoms with Gasteiger partial charge in [-0.25, -0.2) is 0 Å². The molecule has 1 fully saturated rings. The standard InChI is InChI=1S/C23H26N4O3/c1-24-23(27-14-12-26(13-15-27)22(28)21-10-5-16-29-21)25-11-17-30-20-9-4-7-18-6-2-3-8-19(18)20/h2-10,16H,11-15,17H2,1H3,(H,24,25). The van der Waals surface area contributed by atoms with Gasteiger partial charge in [0.1, 0.15) is 12.4 Å². The van der Waals surface area contributed by atoms with Crippen LogP contribution in [0, 0.1) is 0 Å². The second-order valence-electron chi connectivity index (χ2n) is 7.06. The van der Waals surface area contributed by atoms with Gasteiger partial charge in [-0.15, -0.1) is 0 Å². The first-order valence-corrected chi connectivity index (χ1v) is 10.1. The predicted octanol–water partition coefficient (Wildman–Crippen LogP) is 2.85. The average Bonchev–Trinajstić information content (AvgIpc) is 3.34. The number of carbonyl (C=O) groups is 1. The number of hydrogen-bond acceptors (Lipinski definition) is 4. The van der Waals surface area contributed by atoms with Crippen molar-refractivity contribution in [3.05, 3.63) is 66.6 Å². The molecule has 0 aliphatic carbocycles. The van der Waals surface area contributed by atoms with E-state index in [4.69, 9.17) is 9.15 Å². The molecular weight excluding hydrogens is 380 g/mol. The lowest BCUT2D eigenvalue weighted by atomic mass is 10.1. The van der Waals surface area contributed by atoms with Crippen LogP contribution in [0.25, 0.3) is 10.8 Å². The van der Waals surface area contributed by atoms with Crippen molar-refractivity contribution in [1.82, 2.24) is 15.1 Å². The smallest absolute Gasteiger partial charge is 0.289 e. The zero-order valence-electron chi connectivity index (χ0n) is 17.1. The fourth-order valence-corrected chi connectivity index (χ4v) is 3.66. The van der Waals surface area contributed by atoms with Crippen LogP contribution in [-0.2, 0) is 0 Å². The van der Waals surface area contributed by atoms with E-state index in [0.29, 0.717) is 32.0 Å². The van der Waals surface area contributed by atoms with Crippen LogP contribution >= 0.6 is 0 Å². The lowest BCUT2D eigenvalue weighted by Gasteiger charge is -2.36. The minimum atomic E-state index is -0.0638. The summed E-state index contributed by atoms with van der Waals surface area (Å²) in [6.07, 6.45) is 1.52. The first-order chi connectivity index (χ1) is 14.8. The van der Waals surface area contributed by atoms with E-state index in [0.717, 1.165) is 30.2 Å². The molecule has 2 heterocycles. The van der Waals surface area contributed by atoms with Crippen molar-refractivity contribution in [2.45, 2.75) is 0 Å². The van der Waals surface area contributed by atoms with Gasteiger partial charge in [-0.1, -0.05) is 36.4 Å². The highest BCUT2D eigenvalue weighted by molar-refractivity contribution is 5.91. The van der Waals surface area contributed by atoms with E-state index in [2.05, 4.69) is 33.4 Å². The van der Waals surface area contributed by atoms with Crippen molar-refractivity contribution in [2.75, 3.05) is 46.4 Å². The van der Waals surface area contributed by atoms with Gasteiger partial charge in [0, 0.05) is 38.6 Å². The largest absolute Gasteiger partial charge is 0.491 e. The van der Waals surface area contributed by atoms with Crippen molar-refractivity contribution in [3.8, 4) is 5.75 Å². The number of aliphatic imine (C=N–C) groups is 1. The molecule has 156 valence electrons. The molecule has 7 heteroatoms. The van der Waals surface area contributed by atoms with Crippen LogP contribution in [0.5, 0.6) is 5.75 Å². The van der Waals surface area contributed by atoms with E-state index >= 15 is 0 Å². The molecular formula is C23H26N4O3. The lowest BCUT2D eigenvalue weighted by molar-refractivity contribution is 0.0657. The van der Waals surface area contributed by atoms with Crippen LogP contribution in [0.3, 0.4) is 0 Å². The molecule has 7 nitrogen and oxygen atoms in total. The van der Waals surface area contributed by atoms with E-state index in [1.807, 2.05) is 29.2 Å². The maximum Gasteiger partial charge on any atom is 0.289 e. The van der Waals surface area contributed by atoms with E-state index in [-0.39, 0.29) is 5.91 Å². The number of fused-ring (bicyclic) bond motifs is 1. The first-order valence-electron chi connectivity index (χ1n) is 10.1. The Morgan fingerprint density at radius 3 is 2.57 bits per heavy atom. The predicted molar refractivity (Wildman–Crippen MR) is 117 cm³/mol. The topological polar surface area (TPSA) is 70.3 Å². The molecule has 0 radical (unpaired) electrons. The van der Waals surface area contributed by atoms with Crippen LogP contribution in [0.1, 0.15) is 10.6 Å². The molecule has 2 aromatic carbocycles. The molecule has 1 aromatic heterocycles. The van der Waals surface area contributed by atoms with E-state index < -0.39 is 0 Å². The van der Waals surface area contributed by atoms with Gasteiger partial charge in [0.2, 0.25) is 0 Å². The third kappa shape index (κ3) is 4.40. The van der Waals surface area contributed by atoms with Crippen molar-refractivity contribution in [1.29, 1.82) is 0 Å². The summed E-state index contributed by atoms with van der Waals surface area (Å²) in [6.45, 7) is 3.87. The zero-order valence-corrected chi connectivity index (χ0v) is 17.1. The Balaban J connectivity index is 1.25. The van der Waals surface area contributed by atoms with Gasteiger partial charge in [0.15, 0.2) is 11.7 Å². The number of amides is 1. The summed E-state index contributed by atoms with van der Waals surface area (Å²) in [6, 6.07) is 17.7. The van der Waals surface area contributed by atoms with Gasteiger partial charge in [0.25, 0.3) is 5.91 Å². The Labute approximate surface area is 175 Å². The highest BCUT2D eigenvalue weighted by Crippen LogP contribution is 2.24. The number of furan rings is 1. The van der Waals surface area contributed by atoms with Crippen molar-refractivity contribution >= 4 is 22.6 Å². The van der Waals surface area contributed by atoms with Crippen LogP contribution in [0.2, 0.25) is 0 Å². The van der Waals surface area contributed by atoms with Gasteiger partial charge < -0.3 is 24.3 Å². The van der Waals surface area contributed by atoms with Crippen LogP contribution in [0.15, 0.2) is 70.3 Å². The maximum absolute atomic E-state index is 12.4. The number of carbonyl (C=O) groups excluding carboxylic acids is 1. The zero-order chi connectivity index (χ0) is 20.8. The molecule has 0 atom stereocenters. The van der Waals surface area contributed by atoms with E-state index in [1.165, 1.54) is 11.6 Å². The van der Waals surface area contributed by atoms with Crippen LogP contribution < -0.4 is 10.1 Å². The third-order valence-corrected chi connectivity index (χ3v) is 5.20. The number of nitrogens with zero attached hydrogens (tertiary/aromatic N) is 3. The molecule has 1 saturated heterocycles. The number of ether oxygens (including phenoxy) is 1. The van der Waals surface area contributed by atoms with Crippen molar-refractivity contribution in [3.63, 3.8) is 0 Å². The molecule has 0 saturated carbocycles. The average molecular weight is 406 g/mol. The fraction of sp³-hybridized carbons (Fsp3) is 0.304. The summed E-state index contributed by atoms with van der Waals surface area (Å²) in [7, 11) is 1.77. The van der Waals surface area contributed by atoms with Crippen molar-refractivity contribution in [2.24, 2.45) is 4.99 Å². The van der Waals surface area contributed by atoms with Gasteiger partial charge in [-0.2, -0.15) is 0 Å². The number of guanidine groups is 1. The summed E-state index contributed by atoms with van der Waals surface area (Å²) in [5.74, 6) is 2.03. The highest BCUT2D eigenvalue weighted by atomic mass is 16.5. The number of benzene rings is 2. The molecule has 1 N–H and O–H groups in total. The second-order valence-corrected chi connectivity index (χ2v) is 7.06. The second kappa shape index (κ2) is 9.35. The Morgan fingerprint density at radius 1 is 1.03 bits per heavy atom. The molecule has 0 spiro atoms. The Bertz CT molecular complexity index is 1000. The SMILES string of the molecule is CN=C(NCCOc1cccc2ccccc12)N1CCN(C(=O)c2ccco2)CC1. The number of nitrogens with one attached hydrogen (secondary N) is 1. The van der Waals surface area contributed by atoms with Gasteiger partial charge in [0.05, 0.1) is 12.8 Å². The Morgan fingerprint density at radius 2 is 1.80 bits per heavy atom. The third-order valence-electron chi connectivity index (χ3n) is 5.20. The van der Waals surface area contributed by atoms with Crippen LogP contribution in [0.4, 0.5) is 0 Å². The molecule has 1 aliphatic rings. The van der Waals surface area contributed by atoms with Gasteiger partial charge >= 0.3 is 0 Å². The summed E-state index contributed by atoms with van der Waals surface area (Å²) >= 11 is 0. The molecule has 4 rings (SSSR count). The molecule has 0 bridgehead atoms. The maximum atomic E-state index is 12.4. The molecule has 1 amide bonds. The number of piperazine rings is 1. The quantitative estimate of drug-likeness (QED) is 0.401. The number of hydrogen-bond donors (Lipinski definition) is 1. The Hall–Kier alpha value is -3.48. The molecule has 0 unspecified atom stereocenters. The highest BCUT2D eigenvalue weighted by Gasteiger charge is 2.25. The summed E-state index contributed by atoms with van der Waals surface area (Å²) in [5, 5.41) is 5.64. The van der Waals surface area contributed by atoms with E-state index in [1.54, 1.807) is 19.2 Å².